The van der Waals surface area contributed by atoms with E-state index in [1.165, 1.54) is 27.7 Å². The molecule has 0 aromatic heterocycles. The zero-order chi connectivity index (χ0) is 27.8. The van der Waals surface area contributed by atoms with Crippen molar-refractivity contribution in [2.24, 2.45) is 10.8 Å². The van der Waals surface area contributed by atoms with Crippen LogP contribution in [0.2, 0.25) is 0 Å². The van der Waals surface area contributed by atoms with Gasteiger partial charge in [-0.15, -0.1) is 0 Å². The minimum Gasteiger partial charge on any atom is -0.460 e. The number of amides is 2. The minimum absolute atomic E-state index is 0.0773. The number of nitrogens with one attached hydrogen (secondary N) is 2. The van der Waals surface area contributed by atoms with Gasteiger partial charge in [0, 0.05) is 12.1 Å². The summed E-state index contributed by atoms with van der Waals surface area (Å²) in [5, 5.41) is 5.90. The summed E-state index contributed by atoms with van der Waals surface area (Å²) in [4.78, 5) is 51.8. The van der Waals surface area contributed by atoms with Crippen LogP contribution in [-0.4, -0.2) is 35.8 Å². The molecule has 0 unspecified atom stereocenters. The second-order valence-electron chi connectivity index (χ2n) is 10.8. The molecule has 8 heteroatoms. The Morgan fingerprint density at radius 1 is 0.658 bits per heavy atom. The number of hydrogen-bond donors (Lipinski definition) is 2. The maximum absolute atomic E-state index is 13.1. The molecule has 204 valence electrons. The molecule has 2 amide bonds. The predicted octanol–water partition coefficient (Wildman–Crippen LogP) is 4.07. The fourth-order valence-electron chi connectivity index (χ4n) is 4.17. The largest absolute Gasteiger partial charge is 0.460 e. The summed E-state index contributed by atoms with van der Waals surface area (Å²) in [5.41, 5.74) is -1.17. The average molecular weight is 523 g/mol. The summed E-state index contributed by atoms with van der Waals surface area (Å²) in [7, 11) is 0. The molecule has 0 spiro atoms. The number of hydrogen-bond acceptors (Lipinski definition) is 6. The third kappa shape index (κ3) is 7.43. The van der Waals surface area contributed by atoms with Crippen molar-refractivity contribution in [2.75, 3.05) is 0 Å². The number of ether oxygens (including phenoxy) is 2. The van der Waals surface area contributed by atoms with Crippen LogP contribution in [0.4, 0.5) is 0 Å². The molecule has 3 rings (SSSR count). The van der Waals surface area contributed by atoms with E-state index in [0.29, 0.717) is 12.8 Å². The Labute approximate surface area is 224 Å². The quantitative estimate of drug-likeness (QED) is 0.360. The molecule has 2 aromatic carbocycles. The third-order valence-corrected chi connectivity index (χ3v) is 6.98. The maximum Gasteiger partial charge on any atom is 0.321 e. The zero-order valence-electron chi connectivity index (χ0n) is 22.6. The highest BCUT2D eigenvalue weighted by atomic mass is 16.5. The Hall–Kier alpha value is -3.68. The summed E-state index contributed by atoms with van der Waals surface area (Å²) in [6, 6.07) is 17.8. The molecule has 1 aliphatic rings. The van der Waals surface area contributed by atoms with Gasteiger partial charge in [0.2, 0.25) is 11.8 Å². The van der Waals surface area contributed by atoms with Crippen LogP contribution < -0.4 is 10.6 Å². The Balaban J connectivity index is 1.57. The minimum atomic E-state index is -1.42. The molecule has 8 nitrogen and oxygen atoms in total. The van der Waals surface area contributed by atoms with E-state index in [4.69, 9.17) is 9.47 Å². The Morgan fingerprint density at radius 3 is 1.34 bits per heavy atom. The van der Waals surface area contributed by atoms with Gasteiger partial charge < -0.3 is 20.1 Å². The van der Waals surface area contributed by atoms with Gasteiger partial charge in [-0.3, -0.25) is 19.2 Å². The van der Waals surface area contributed by atoms with Crippen molar-refractivity contribution in [1.29, 1.82) is 0 Å². The number of carbonyl (C=O) groups excluding carboxylic acids is 4. The number of carbonyl (C=O) groups is 4. The maximum atomic E-state index is 13.1. The van der Waals surface area contributed by atoms with Crippen LogP contribution in [0.1, 0.15) is 64.5 Å². The van der Waals surface area contributed by atoms with Crippen molar-refractivity contribution in [2.45, 2.75) is 78.7 Å². The van der Waals surface area contributed by atoms with Crippen LogP contribution in [0, 0.1) is 10.8 Å². The van der Waals surface area contributed by atoms with E-state index in [1.54, 1.807) is 0 Å². The summed E-state index contributed by atoms with van der Waals surface area (Å²) in [6.07, 6.45) is 3.03. The van der Waals surface area contributed by atoms with Crippen LogP contribution in [0.25, 0.3) is 0 Å². The van der Waals surface area contributed by atoms with Gasteiger partial charge in [-0.2, -0.15) is 0 Å². The van der Waals surface area contributed by atoms with Gasteiger partial charge in [0.05, 0.1) is 0 Å². The second-order valence-corrected chi connectivity index (χ2v) is 10.8. The molecule has 2 N–H and O–H groups in total. The highest BCUT2D eigenvalue weighted by Gasteiger charge is 2.43. The van der Waals surface area contributed by atoms with Crippen molar-refractivity contribution in [3.05, 3.63) is 71.8 Å². The van der Waals surface area contributed by atoms with Crippen molar-refractivity contribution < 1.29 is 28.7 Å². The molecule has 1 fully saturated rings. The lowest BCUT2D eigenvalue weighted by Crippen LogP contribution is -2.58. The summed E-state index contributed by atoms with van der Waals surface area (Å²) in [6.45, 7) is 6.26. The third-order valence-electron chi connectivity index (χ3n) is 6.98. The molecule has 0 aliphatic heterocycles. The fourth-order valence-corrected chi connectivity index (χ4v) is 4.17. The van der Waals surface area contributed by atoms with Gasteiger partial charge in [-0.05, 0) is 51.7 Å². The zero-order valence-corrected chi connectivity index (χ0v) is 22.6. The monoisotopic (exact) mass is 522 g/mol. The van der Waals surface area contributed by atoms with Crippen molar-refractivity contribution in [3.8, 4) is 0 Å². The predicted molar refractivity (Wildman–Crippen MR) is 142 cm³/mol. The van der Waals surface area contributed by atoms with Gasteiger partial charge in [0.15, 0.2) is 0 Å². The lowest BCUT2D eigenvalue weighted by atomic mass is 9.86. The molecule has 1 saturated carbocycles. The molecule has 0 heterocycles. The van der Waals surface area contributed by atoms with Crippen LogP contribution in [-0.2, 0) is 41.9 Å². The van der Waals surface area contributed by atoms with Crippen molar-refractivity contribution in [1.82, 2.24) is 10.6 Å². The van der Waals surface area contributed by atoms with E-state index in [2.05, 4.69) is 10.6 Å². The standard InChI is InChI=1S/C30H38N2O6/c1-29(2,27(35)37-19-21-13-7-5-8-14-21)25(33)31-23-17-11-12-18-24(23)32-26(34)30(3,4)28(36)38-20-22-15-9-6-10-16-22/h5-10,13-16,23-24H,11-12,17-20H2,1-4H3,(H,31,33)(H,32,34)/t23-,24-/m1/s1. The van der Waals surface area contributed by atoms with Gasteiger partial charge in [0.25, 0.3) is 0 Å². The van der Waals surface area contributed by atoms with E-state index in [9.17, 15) is 19.2 Å². The lowest BCUT2D eigenvalue weighted by molar-refractivity contribution is -0.162. The van der Waals surface area contributed by atoms with Gasteiger partial charge in [0.1, 0.15) is 24.0 Å². The molecular weight excluding hydrogens is 484 g/mol. The smallest absolute Gasteiger partial charge is 0.321 e. The first-order valence-electron chi connectivity index (χ1n) is 13.1. The molecule has 2 aromatic rings. The second kappa shape index (κ2) is 12.7. The van der Waals surface area contributed by atoms with Crippen LogP contribution in [0.15, 0.2) is 60.7 Å². The van der Waals surface area contributed by atoms with Crippen molar-refractivity contribution in [3.63, 3.8) is 0 Å². The molecule has 0 radical (unpaired) electrons. The summed E-state index contributed by atoms with van der Waals surface area (Å²) < 4.78 is 10.8. The average Bonchev–Trinajstić information content (AvgIpc) is 2.92. The number of benzene rings is 2. The molecule has 2 atom stereocenters. The summed E-state index contributed by atoms with van der Waals surface area (Å²) in [5.74, 6) is -2.19. The Kier molecular flexibility index (Phi) is 9.66. The first kappa shape index (κ1) is 28.9. The van der Waals surface area contributed by atoms with Gasteiger partial charge in [-0.1, -0.05) is 73.5 Å². The van der Waals surface area contributed by atoms with E-state index in [-0.39, 0.29) is 25.3 Å². The SMILES string of the molecule is CC(C)(C(=O)N[C@@H]1CCCC[C@H]1NC(=O)C(C)(C)C(=O)OCc1ccccc1)C(=O)OCc1ccccc1. The summed E-state index contributed by atoms with van der Waals surface area (Å²) >= 11 is 0. The van der Waals surface area contributed by atoms with E-state index < -0.39 is 34.6 Å². The topological polar surface area (TPSA) is 111 Å². The van der Waals surface area contributed by atoms with Crippen LogP contribution in [0.3, 0.4) is 0 Å². The van der Waals surface area contributed by atoms with E-state index >= 15 is 0 Å². The first-order valence-corrected chi connectivity index (χ1v) is 13.1. The van der Waals surface area contributed by atoms with Gasteiger partial charge >= 0.3 is 11.9 Å². The Bertz CT molecular complexity index is 1020. The number of esters is 2. The molecule has 38 heavy (non-hydrogen) atoms. The van der Waals surface area contributed by atoms with Crippen LogP contribution in [0.5, 0.6) is 0 Å². The molecule has 1 aliphatic carbocycles. The fraction of sp³-hybridized carbons (Fsp3) is 0.467. The van der Waals surface area contributed by atoms with Gasteiger partial charge in [-0.25, -0.2) is 0 Å². The highest BCUT2D eigenvalue weighted by Crippen LogP contribution is 2.25. The lowest BCUT2D eigenvalue weighted by Gasteiger charge is -2.36. The Morgan fingerprint density at radius 2 is 1.00 bits per heavy atom. The first-order chi connectivity index (χ1) is 18.0. The van der Waals surface area contributed by atoms with E-state index in [0.717, 1.165) is 24.0 Å². The van der Waals surface area contributed by atoms with Crippen LogP contribution >= 0.6 is 0 Å². The molecular formula is C30H38N2O6. The number of rotatable bonds is 10. The molecule has 0 saturated heterocycles. The normalized spacial score (nSPS) is 17.7. The highest BCUT2D eigenvalue weighted by molar-refractivity contribution is 6.03. The van der Waals surface area contributed by atoms with Crippen molar-refractivity contribution >= 4 is 23.8 Å². The molecule has 0 bridgehead atoms. The van der Waals surface area contributed by atoms with E-state index in [1.807, 2.05) is 60.7 Å².